The Morgan fingerprint density at radius 2 is 1.85 bits per heavy atom. The zero-order valence-electron chi connectivity index (χ0n) is 14.7. The Hall–Kier alpha value is -2.18. The van der Waals surface area contributed by atoms with Crippen molar-refractivity contribution in [3.05, 3.63) is 64.7 Å². The second-order valence-corrected chi connectivity index (χ2v) is 7.12. The third kappa shape index (κ3) is 4.96. The molecule has 3 rings (SSSR count). The molecule has 1 fully saturated rings. The highest BCUT2D eigenvalue weighted by molar-refractivity contribution is 6.30. The topological polar surface area (TPSA) is 43.8 Å². The van der Waals surface area contributed by atoms with Gasteiger partial charge in [-0.15, -0.1) is 0 Å². The Morgan fingerprint density at radius 1 is 1.15 bits per heavy atom. The molecule has 0 spiro atoms. The molecule has 0 amide bonds. The third-order valence-electron chi connectivity index (χ3n) is 4.88. The first-order valence-corrected chi connectivity index (χ1v) is 9.21. The molecule has 7 heteroatoms. The monoisotopic (exact) mass is 394 g/mol. The van der Waals surface area contributed by atoms with Crippen LogP contribution in [0.2, 0.25) is 5.02 Å². The van der Waals surface area contributed by atoms with Gasteiger partial charge in [0.2, 0.25) is 0 Å². The SMILES string of the molecule is O=C(O)CN(Cc1ccc(F)c(Cl)c1)C1CCN(c2ccccc2F)CC1. The number of benzene rings is 2. The van der Waals surface area contributed by atoms with E-state index >= 15 is 0 Å². The van der Waals surface area contributed by atoms with E-state index in [0.717, 1.165) is 18.4 Å². The van der Waals surface area contributed by atoms with Crippen molar-refractivity contribution < 1.29 is 18.7 Å². The van der Waals surface area contributed by atoms with Gasteiger partial charge in [-0.3, -0.25) is 9.69 Å². The van der Waals surface area contributed by atoms with Gasteiger partial charge in [-0.1, -0.05) is 29.8 Å². The first kappa shape index (κ1) is 19.6. The van der Waals surface area contributed by atoms with Crippen molar-refractivity contribution in [2.45, 2.75) is 25.4 Å². The number of aliphatic carboxylic acids is 1. The van der Waals surface area contributed by atoms with Crippen LogP contribution in [0.15, 0.2) is 42.5 Å². The number of carboxylic acid groups (broad SMARTS) is 1. The van der Waals surface area contributed by atoms with Gasteiger partial charge in [0.05, 0.1) is 17.3 Å². The van der Waals surface area contributed by atoms with Gasteiger partial charge in [0.15, 0.2) is 0 Å². The maximum atomic E-state index is 14.0. The Balaban J connectivity index is 1.68. The molecule has 0 atom stereocenters. The lowest BCUT2D eigenvalue weighted by Crippen LogP contribution is -2.46. The van der Waals surface area contributed by atoms with Crippen LogP contribution < -0.4 is 4.90 Å². The fourth-order valence-corrected chi connectivity index (χ4v) is 3.74. The zero-order chi connectivity index (χ0) is 19.4. The quantitative estimate of drug-likeness (QED) is 0.798. The molecule has 2 aromatic carbocycles. The molecule has 0 radical (unpaired) electrons. The van der Waals surface area contributed by atoms with Crippen LogP contribution in [-0.2, 0) is 11.3 Å². The van der Waals surface area contributed by atoms with Crippen molar-refractivity contribution in [2.24, 2.45) is 0 Å². The summed E-state index contributed by atoms with van der Waals surface area (Å²) in [6.07, 6.45) is 1.44. The number of rotatable bonds is 6. The number of halogens is 3. The molecule has 2 aromatic rings. The Morgan fingerprint density at radius 3 is 2.48 bits per heavy atom. The largest absolute Gasteiger partial charge is 0.480 e. The number of hydrogen-bond donors (Lipinski definition) is 1. The minimum absolute atomic E-state index is 0.0251. The summed E-state index contributed by atoms with van der Waals surface area (Å²) >= 11 is 5.84. The van der Waals surface area contributed by atoms with Gasteiger partial charge in [-0.25, -0.2) is 8.78 Å². The van der Waals surface area contributed by atoms with Crippen molar-refractivity contribution in [1.82, 2.24) is 4.90 Å². The lowest BCUT2D eigenvalue weighted by atomic mass is 10.0. The summed E-state index contributed by atoms with van der Waals surface area (Å²) in [7, 11) is 0. The van der Waals surface area contributed by atoms with Gasteiger partial charge in [0, 0.05) is 25.7 Å². The van der Waals surface area contributed by atoms with E-state index in [1.807, 2.05) is 9.80 Å². The van der Waals surface area contributed by atoms with Crippen LogP contribution in [0.4, 0.5) is 14.5 Å². The number of anilines is 1. The fraction of sp³-hybridized carbons (Fsp3) is 0.350. The molecule has 0 unspecified atom stereocenters. The first-order valence-electron chi connectivity index (χ1n) is 8.83. The maximum absolute atomic E-state index is 14.0. The zero-order valence-corrected chi connectivity index (χ0v) is 15.5. The second kappa shape index (κ2) is 8.67. The van der Waals surface area contributed by atoms with Gasteiger partial charge in [-0.05, 0) is 42.7 Å². The predicted molar refractivity (Wildman–Crippen MR) is 101 cm³/mol. The second-order valence-electron chi connectivity index (χ2n) is 6.72. The Labute approximate surface area is 162 Å². The molecule has 0 saturated carbocycles. The van der Waals surface area contributed by atoms with Crippen LogP contribution in [0.1, 0.15) is 18.4 Å². The van der Waals surface area contributed by atoms with Gasteiger partial charge in [-0.2, -0.15) is 0 Å². The summed E-state index contributed by atoms with van der Waals surface area (Å²) in [5.74, 6) is -1.66. The van der Waals surface area contributed by atoms with Gasteiger partial charge >= 0.3 is 5.97 Å². The summed E-state index contributed by atoms with van der Waals surface area (Å²) in [6, 6.07) is 11.1. The normalized spacial score (nSPS) is 15.3. The number of carbonyl (C=O) groups is 1. The standard InChI is InChI=1S/C20H21ClF2N2O2/c21-16-11-14(5-6-17(16)22)12-25(13-20(26)27)15-7-9-24(10-8-15)19-4-2-1-3-18(19)23/h1-6,11,15H,7-10,12-13H2,(H,26,27). The van der Waals surface area contributed by atoms with E-state index in [4.69, 9.17) is 11.6 Å². The minimum Gasteiger partial charge on any atom is -0.480 e. The maximum Gasteiger partial charge on any atom is 0.317 e. The van der Waals surface area contributed by atoms with Crippen molar-refractivity contribution >= 4 is 23.3 Å². The highest BCUT2D eigenvalue weighted by atomic mass is 35.5. The van der Waals surface area contributed by atoms with Crippen LogP contribution in [0.25, 0.3) is 0 Å². The summed E-state index contributed by atoms with van der Waals surface area (Å²) in [5.41, 5.74) is 1.34. The van der Waals surface area contributed by atoms with Crippen LogP contribution >= 0.6 is 11.6 Å². The highest BCUT2D eigenvalue weighted by Crippen LogP contribution is 2.26. The predicted octanol–water partition coefficient (Wildman–Crippen LogP) is 4.17. The van der Waals surface area contributed by atoms with Crippen LogP contribution in [0, 0.1) is 11.6 Å². The van der Waals surface area contributed by atoms with Gasteiger partial charge in [0.1, 0.15) is 11.6 Å². The summed E-state index contributed by atoms with van der Waals surface area (Å²) in [6.45, 7) is 1.55. The molecular weight excluding hydrogens is 374 g/mol. The lowest BCUT2D eigenvalue weighted by Gasteiger charge is -2.39. The molecule has 1 aliphatic rings. The van der Waals surface area contributed by atoms with E-state index in [-0.39, 0.29) is 23.4 Å². The molecule has 4 nitrogen and oxygen atoms in total. The number of nitrogens with zero attached hydrogens (tertiary/aromatic N) is 2. The molecule has 1 heterocycles. The summed E-state index contributed by atoms with van der Waals surface area (Å²) in [4.78, 5) is 15.2. The Kier molecular flexibility index (Phi) is 6.29. The van der Waals surface area contributed by atoms with Crippen molar-refractivity contribution in [1.29, 1.82) is 0 Å². The lowest BCUT2D eigenvalue weighted by molar-refractivity contribution is -0.139. The number of hydrogen-bond acceptors (Lipinski definition) is 3. The van der Waals surface area contributed by atoms with Gasteiger partial charge in [0.25, 0.3) is 0 Å². The van der Waals surface area contributed by atoms with Crippen LogP contribution in [0.3, 0.4) is 0 Å². The molecule has 0 bridgehead atoms. The molecule has 0 aliphatic carbocycles. The molecule has 1 saturated heterocycles. The fourth-order valence-electron chi connectivity index (χ4n) is 3.54. The summed E-state index contributed by atoms with van der Waals surface area (Å²) < 4.78 is 27.3. The molecule has 144 valence electrons. The Bertz CT molecular complexity index is 810. The smallest absolute Gasteiger partial charge is 0.317 e. The van der Waals surface area contributed by atoms with E-state index in [9.17, 15) is 18.7 Å². The van der Waals surface area contributed by atoms with Crippen molar-refractivity contribution in [3.8, 4) is 0 Å². The van der Waals surface area contributed by atoms with Crippen LogP contribution in [-0.4, -0.2) is 41.7 Å². The van der Waals surface area contributed by atoms with Crippen molar-refractivity contribution in [3.63, 3.8) is 0 Å². The molecular formula is C20H21ClF2N2O2. The van der Waals surface area contributed by atoms with E-state index < -0.39 is 11.8 Å². The minimum atomic E-state index is -0.917. The average Bonchev–Trinajstić information content (AvgIpc) is 2.64. The van der Waals surface area contributed by atoms with Gasteiger partial charge < -0.3 is 10.0 Å². The number of para-hydroxylation sites is 1. The summed E-state index contributed by atoms with van der Waals surface area (Å²) in [5, 5.41) is 9.30. The van der Waals surface area contributed by atoms with Crippen molar-refractivity contribution in [2.75, 3.05) is 24.5 Å². The molecule has 1 N–H and O–H groups in total. The average molecular weight is 395 g/mol. The number of piperidine rings is 1. The third-order valence-corrected chi connectivity index (χ3v) is 5.17. The first-order chi connectivity index (χ1) is 12.9. The molecule has 0 aromatic heterocycles. The highest BCUT2D eigenvalue weighted by Gasteiger charge is 2.27. The van der Waals surface area contributed by atoms with Crippen LogP contribution in [0.5, 0.6) is 0 Å². The van der Waals surface area contributed by atoms with E-state index in [1.54, 1.807) is 24.3 Å². The van der Waals surface area contributed by atoms with E-state index in [0.29, 0.717) is 25.3 Å². The van der Waals surface area contributed by atoms with E-state index in [2.05, 4.69) is 0 Å². The van der Waals surface area contributed by atoms with E-state index in [1.165, 1.54) is 18.2 Å². The number of carboxylic acids is 1. The molecule has 27 heavy (non-hydrogen) atoms. The molecule has 1 aliphatic heterocycles.